The van der Waals surface area contributed by atoms with E-state index < -0.39 is 10.0 Å². The molecule has 3 aromatic rings. The number of amides is 1. The van der Waals surface area contributed by atoms with Crippen LogP contribution in [0.4, 0.5) is 0 Å². The molecule has 0 radical (unpaired) electrons. The van der Waals surface area contributed by atoms with Gasteiger partial charge in [0.05, 0.1) is 15.5 Å². The first kappa shape index (κ1) is 24.2. The summed E-state index contributed by atoms with van der Waals surface area (Å²) in [5.41, 5.74) is 1.12. The number of nitrogens with zero attached hydrogens (tertiary/aromatic N) is 4. The van der Waals surface area contributed by atoms with E-state index in [9.17, 15) is 13.2 Å². The van der Waals surface area contributed by atoms with Crippen molar-refractivity contribution in [2.75, 3.05) is 26.2 Å². The summed E-state index contributed by atoms with van der Waals surface area (Å²) < 4.78 is 33.2. The van der Waals surface area contributed by atoms with Gasteiger partial charge in [-0.15, -0.1) is 0 Å². The highest BCUT2D eigenvalue weighted by Crippen LogP contribution is 2.31. The Morgan fingerprint density at radius 1 is 0.971 bits per heavy atom. The number of carbonyl (C=O) groups excluding carboxylic acids is 1. The predicted octanol–water partition coefficient (Wildman–Crippen LogP) is 4.73. The van der Waals surface area contributed by atoms with Crippen LogP contribution in [0.3, 0.4) is 0 Å². The van der Waals surface area contributed by atoms with Gasteiger partial charge in [-0.05, 0) is 68.1 Å². The summed E-state index contributed by atoms with van der Waals surface area (Å²) >= 11 is 12.3. The second-order valence-corrected chi connectivity index (χ2v) is 11.6. The second kappa shape index (κ2) is 9.89. The fourth-order valence-electron chi connectivity index (χ4n) is 4.58. The van der Waals surface area contributed by atoms with E-state index in [-0.39, 0.29) is 22.6 Å². The monoisotopic (exact) mass is 534 g/mol. The Kier molecular flexibility index (Phi) is 6.85. The summed E-state index contributed by atoms with van der Waals surface area (Å²) in [6.45, 7) is 2.31. The smallest absolute Gasteiger partial charge is 0.259 e. The van der Waals surface area contributed by atoms with Gasteiger partial charge in [-0.25, -0.2) is 8.42 Å². The first-order valence-electron chi connectivity index (χ1n) is 11.5. The SMILES string of the molecule is O=C(C1CCN(S(=O)(=O)c2ccc(-c3noc(-c4cc(Cl)ccc4Cl)n3)cc2)CC1)N1CCCC1. The average molecular weight is 535 g/mol. The van der Waals surface area contributed by atoms with Crippen LogP contribution in [-0.4, -0.2) is 59.8 Å². The van der Waals surface area contributed by atoms with E-state index in [0.717, 1.165) is 25.9 Å². The molecule has 5 rings (SSSR count). The van der Waals surface area contributed by atoms with Gasteiger partial charge < -0.3 is 9.42 Å². The summed E-state index contributed by atoms with van der Waals surface area (Å²) in [5.74, 6) is 0.599. The fourth-order valence-corrected chi connectivity index (χ4v) is 6.42. The zero-order valence-corrected chi connectivity index (χ0v) is 21.2. The molecule has 2 aromatic carbocycles. The molecule has 0 bridgehead atoms. The number of halogens is 2. The Bertz CT molecular complexity index is 1330. The number of sulfonamides is 1. The van der Waals surface area contributed by atoms with Crippen LogP contribution in [0.25, 0.3) is 22.8 Å². The first-order valence-corrected chi connectivity index (χ1v) is 13.7. The molecule has 184 valence electrons. The third kappa shape index (κ3) is 4.95. The molecule has 8 nitrogen and oxygen atoms in total. The Balaban J connectivity index is 1.27. The van der Waals surface area contributed by atoms with Crippen LogP contribution >= 0.6 is 23.2 Å². The predicted molar refractivity (Wildman–Crippen MR) is 132 cm³/mol. The van der Waals surface area contributed by atoms with E-state index >= 15 is 0 Å². The normalized spacial score (nSPS) is 17.7. The molecule has 0 atom stereocenters. The van der Waals surface area contributed by atoms with E-state index in [0.29, 0.717) is 52.9 Å². The molecular formula is C24H24Cl2N4O4S. The Hall–Kier alpha value is -2.46. The number of benzene rings is 2. The molecule has 2 saturated heterocycles. The molecule has 0 saturated carbocycles. The minimum absolute atomic E-state index is 0.0950. The molecule has 0 N–H and O–H groups in total. The van der Waals surface area contributed by atoms with Crippen molar-refractivity contribution < 1.29 is 17.7 Å². The van der Waals surface area contributed by atoms with Crippen LogP contribution in [0.1, 0.15) is 25.7 Å². The van der Waals surface area contributed by atoms with Crippen LogP contribution in [0.5, 0.6) is 0 Å². The highest BCUT2D eigenvalue weighted by molar-refractivity contribution is 7.89. The van der Waals surface area contributed by atoms with Crippen molar-refractivity contribution in [3.05, 3.63) is 52.5 Å². The number of aromatic nitrogens is 2. The first-order chi connectivity index (χ1) is 16.8. The maximum Gasteiger partial charge on any atom is 0.259 e. The Labute approximate surface area is 213 Å². The van der Waals surface area contributed by atoms with Gasteiger partial charge in [0.25, 0.3) is 5.89 Å². The van der Waals surface area contributed by atoms with Crippen LogP contribution in [-0.2, 0) is 14.8 Å². The van der Waals surface area contributed by atoms with Crippen molar-refractivity contribution in [1.82, 2.24) is 19.3 Å². The Morgan fingerprint density at radius 3 is 2.34 bits per heavy atom. The molecule has 35 heavy (non-hydrogen) atoms. The average Bonchev–Trinajstić information content (AvgIpc) is 3.58. The van der Waals surface area contributed by atoms with Gasteiger partial charge in [-0.2, -0.15) is 9.29 Å². The second-order valence-electron chi connectivity index (χ2n) is 8.78. The van der Waals surface area contributed by atoms with E-state index in [1.54, 1.807) is 30.3 Å². The van der Waals surface area contributed by atoms with Gasteiger partial charge in [0.15, 0.2) is 0 Å². The molecule has 0 unspecified atom stereocenters. The van der Waals surface area contributed by atoms with E-state index in [4.69, 9.17) is 27.7 Å². The summed E-state index contributed by atoms with van der Waals surface area (Å²) in [5, 5.41) is 4.91. The lowest BCUT2D eigenvalue weighted by Crippen LogP contribution is -2.43. The topological polar surface area (TPSA) is 96.6 Å². The molecule has 2 aliphatic heterocycles. The summed E-state index contributed by atoms with van der Waals surface area (Å²) in [4.78, 5) is 19.1. The third-order valence-electron chi connectivity index (χ3n) is 6.56. The van der Waals surface area contributed by atoms with E-state index in [2.05, 4.69) is 10.1 Å². The van der Waals surface area contributed by atoms with Crippen molar-refractivity contribution in [3.8, 4) is 22.8 Å². The number of hydrogen-bond donors (Lipinski definition) is 0. The van der Waals surface area contributed by atoms with Gasteiger partial charge in [0, 0.05) is 42.7 Å². The lowest BCUT2D eigenvalue weighted by Gasteiger charge is -2.32. The number of carbonyl (C=O) groups is 1. The minimum atomic E-state index is -3.67. The van der Waals surface area contributed by atoms with Gasteiger partial charge in [0.2, 0.25) is 21.8 Å². The van der Waals surface area contributed by atoms with Gasteiger partial charge in [-0.1, -0.05) is 28.4 Å². The summed E-state index contributed by atoms with van der Waals surface area (Å²) in [7, 11) is -3.67. The molecular weight excluding hydrogens is 511 g/mol. The maximum atomic E-state index is 13.2. The highest BCUT2D eigenvalue weighted by Gasteiger charge is 2.34. The van der Waals surface area contributed by atoms with Gasteiger partial charge in [0.1, 0.15) is 0 Å². The molecule has 1 amide bonds. The molecule has 0 aliphatic carbocycles. The molecule has 2 aliphatic rings. The van der Waals surface area contributed by atoms with Crippen LogP contribution in [0.15, 0.2) is 51.9 Å². The fraction of sp³-hybridized carbons (Fsp3) is 0.375. The molecule has 0 spiro atoms. The van der Waals surface area contributed by atoms with Crippen LogP contribution in [0.2, 0.25) is 10.0 Å². The maximum absolute atomic E-state index is 13.2. The van der Waals surface area contributed by atoms with Crippen molar-refractivity contribution in [2.45, 2.75) is 30.6 Å². The molecule has 2 fully saturated rings. The standard InChI is InChI=1S/C24H24Cl2N4O4S/c25-18-5-8-21(26)20(15-18)23-27-22(28-34-23)16-3-6-19(7-4-16)35(32,33)30-13-9-17(10-14-30)24(31)29-11-1-2-12-29/h3-8,15,17H,1-2,9-14H2. The molecule has 11 heteroatoms. The lowest BCUT2D eigenvalue weighted by molar-refractivity contribution is -0.135. The zero-order valence-electron chi connectivity index (χ0n) is 18.9. The summed E-state index contributed by atoms with van der Waals surface area (Å²) in [6.07, 6.45) is 3.19. The van der Waals surface area contributed by atoms with E-state index in [1.807, 2.05) is 4.90 Å². The van der Waals surface area contributed by atoms with Crippen molar-refractivity contribution in [2.24, 2.45) is 5.92 Å². The van der Waals surface area contributed by atoms with Crippen LogP contribution in [0, 0.1) is 5.92 Å². The van der Waals surface area contributed by atoms with Crippen molar-refractivity contribution in [1.29, 1.82) is 0 Å². The number of piperidine rings is 1. The zero-order chi connectivity index (χ0) is 24.6. The van der Waals surface area contributed by atoms with E-state index in [1.165, 1.54) is 16.4 Å². The minimum Gasteiger partial charge on any atom is -0.342 e. The van der Waals surface area contributed by atoms with Gasteiger partial charge in [-0.3, -0.25) is 4.79 Å². The van der Waals surface area contributed by atoms with Crippen LogP contribution < -0.4 is 0 Å². The van der Waals surface area contributed by atoms with Gasteiger partial charge >= 0.3 is 0 Å². The number of hydrogen-bond acceptors (Lipinski definition) is 6. The highest BCUT2D eigenvalue weighted by atomic mass is 35.5. The summed E-state index contributed by atoms with van der Waals surface area (Å²) in [6, 6.07) is 11.3. The Morgan fingerprint density at radius 2 is 1.66 bits per heavy atom. The lowest BCUT2D eigenvalue weighted by atomic mass is 9.97. The third-order valence-corrected chi connectivity index (χ3v) is 9.03. The molecule has 3 heterocycles. The van der Waals surface area contributed by atoms with Crippen molar-refractivity contribution >= 4 is 39.1 Å². The number of rotatable bonds is 5. The number of likely N-dealkylation sites (tertiary alicyclic amines) is 1. The quantitative estimate of drug-likeness (QED) is 0.469. The molecule has 1 aromatic heterocycles. The van der Waals surface area contributed by atoms with Crippen molar-refractivity contribution in [3.63, 3.8) is 0 Å². The largest absolute Gasteiger partial charge is 0.342 e.